The van der Waals surface area contributed by atoms with E-state index in [-0.39, 0.29) is 6.04 Å². The van der Waals surface area contributed by atoms with Gasteiger partial charge in [0.2, 0.25) is 0 Å². The van der Waals surface area contributed by atoms with Crippen LogP contribution in [0.4, 0.5) is 0 Å². The van der Waals surface area contributed by atoms with Crippen molar-refractivity contribution in [2.24, 2.45) is 12.9 Å². The molecular formula is C9H14N6S. The molecule has 1 atom stereocenters. The molecule has 0 bridgehead atoms. The van der Waals surface area contributed by atoms with Crippen LogP contribution < -0.4 is 11.3 Å². The van der Waals surface area contributed by atoms with Crippen molar-refractivity contribution in [3.8, 4) is 0 Å². The van der Waals surface area contributed by atoms with Crippen LogP contribution in [0.2, 0.25) is 0 Å². The molecule has 0 spiro atoms. The smallest absolute Gasteiger partial charge is 0.0948 e. The zero-order valence-corrected chi connectivity index (χ0v) is 10.0. The summed E-state index contributed by atoms with van der Waals surface area (Å²) in [5.41, 5.74) is 4.76. The number of hydrogen-bond acceptors (Lipinski definition) is 6. The van der Waals surface area contributed by atoms with E-state index in [0.717, 1.165) is 22.8 Å². The molecule has 0 aliphatic heterocycles. The molecule has 2 aromatic rings. The topological polar surface area (TPSA) is 81.6 Å². The van der Waals surface area contributed by atoms with Gasteiger partial charge in [-0.3, -0.25) is 16.0 Å². The Hall–Kier alpha value is -1.31. The summed E-state index contributed by atoms with van der Waals surface area (Å²) in [6.45, 7) is 1.98. The number of aryl methyl sites for hydroxylation is 2. The molecule has 0 aromatic carbocycles. The molecule has 2 heterocycles. The first-order valence-electron chi connectivity index (χ1n) is 4.92. The van der Waals surface area contributed by atoms with E-state index in [1.54, 1.807) is 22.2 Å². The van der Waals surface area contributed by atoms with Crippen molar-refractivity contribution in [2.45, 2.75) is 19.4 Å². The van der Waals surface area contributed by atoms with E-state index in [2.05, 4.69) is 20.7 Å². The fourth-order valence-corrected chi connectivity index (χ4v) is 2.35. The van der Waals surface area contributed by atoms with Gasteiger partial charge < -0.3 is 0 Å². The SMILES string of the molecule is Cc1csc(CC(NN)c2cnnn2C)n1. The van der Waals surface area contributed by atoms with Crippen LogP contribution in [0.1, 0.15) is 22.4 Å². The highest BCUT2D eigenvalue weighted by Crippen LogP contribution is 2.18. The minimum atomic E-state index is -0.00875. The lowest BCUT2D eigenvalue weighted by Crippen LogP contribution is -2.31. The highest BCUT2D eigenvalue weighted by atomic mass is 32.1. The molecule has 0 amide bonds. The number of nitrogens with zero attached hydrogens (tertiary/aromatic N) is 4. The van der Waals surface area contributed by atoms with Crippen LogP contribution in [0.15, 0.2) is 11.6 Å². The van der Waals surface area contributed by atoms with Crippen molar-refractivity contribution in [2.75, 3.05) is 0 Å². The van der Waals surface area contributed by atoms with Crippen LogP contribution in [-0.2, 0) is 13.5 Å². The van der Waals surface area contributed by atoms with E-state index in [1.807, 2.05) is 19.4 Å². The molecule has 2 rings (SSSR count). The van der Waals surface area contributed by atoms with Crippen LogP contribution >= 0.6 is 11.3 Å². The summed E-state index contributed by atoms with van der Waals surface area (Å²) >= 11 is 1.64. The molecule has 0 radical (unpaired) electrons. The first-order chi connectivity index (χ1) is 7.70. The van der Waals surface area contributed by atoms with Gasteiger partial charge in [0.25, 0.3) is 0 Å². The predicted molar refractivity (Wildman–Crippen MR) is 61.6 cm³/mol. The summed E-state index contributed by atoms with van der Waals surface area (Å²) in [5, 5.41) is 10.8. The van der Waals surface area contributed by atoms with Crippen molar-refractivity contribution in [3.05, 3.63) is 28.0 Å². The van der Waals surface area contributed by atoms with Crippen LogP contribution in [-0.4, -0.2) is 20.0 Å². The molecule has 0 fully saturated rings. The summed E-state index contributed by atoms with van der Waals surface area (Å²) in [6.07, 6.45) is 2.46. The number of aromatic nitrogens is 4. The number of nitrogens with two attached hydrogens (primary N) is 1. The Kier molecular flexibility index (Phi) is 3.28. The van der Waals surface area contributed by atoms with Gasteiger partial charge >= 0.3 is 0 Å². The third-order valence-electron chi connectivity index (χ3n) is 2.35. The molecule has 16 heavy (non-hydrogen) atoms. The van der Waals surface area contributed by atoms with Crippen LogP contribution in [0.25, 0.3) is 0 Å². The third-order valence-corrected chi connectivity index (χ3v) is 3.34. The third kappa shape index (κ3) is 2.26. The van der Waals surface area contributed by atoms with Gasteiger partial charge in [-0.05, 0) is 6.92 Å². The molecule has 0 saturated carbocycles. The lowest BCUT2D eigenvalue weighted by Gasteiger charge is -2.13. The molecule has 86 valence electrons. The lowest BCUT2D eigenvalue weighted by molar-refractivity contribution is 0.506. The summed E-state index contributed by atoms with van der Waals surface area (Å²) in [7, 11) is 1.85. The fraction of sp³-hybridized carbons (Fsp3) is 0.444. The molecule has 2 aromatic heterocycles. The van der Waals surface area contributed by atoms with Crippen LogP contribution in [0, 0.1) is 6.92 Å². The van der Waals surface area contributed by atoms with Crippen molar-refractivity contribution >= 4 is 11.3 Å². The second-order valence-corrected chi connectivity index (χ2v) is 4.53. The molecule has 3 N–H and O–H groups in total. The van der Waals surface area contributed by atoms with Crippen molar-refractivity contribution in [1.29, 1.82) is 0 Å². The Bertz CT molecular complexity index is 462. The highest BCUT2D eigenvalue weighted by molar-refractivity contribution is 7.09. The summed E-state index contributed by atoms with van der Waals surface area (Å²) in [4.78, 5) is 4.41. The fourth-order valence-electron chi connectivity index (χ4n) is 1.53. The lowest BCUT2D eigenvalue weighted by atomic mass is 10.1. The molecule has 7 heteroatoms. The van der Waals surface area contributed by atoms with Gasteiger partial charge in [0.05, 0.1) is 22.9 Å². The van der Waals surface area contributed by atoms with Crippen molar-refractivity contribution < 1.29 is 0 Å². The number of hydrazine groups is 1. The van der Waals surface area contributed by atoms with Gasteiger partial charge in [0.15, 0.2) is 0 Å². The second kappa shape index (κ2) is 4.69. The minimum absolute atomic E-state index is 0.00875. The summed E-state index contributed by atoms with van der Waals surface area (Å²) in [5.74, 6) is 5.55. The minimum Gasteiger partial charge on any atom is -0.271 e. The Balaban J connectivity index is 2.15. The van der Waals surface area contributed by atoms with E-state index in [9.17, 15) is 0 Å². The van der Waals surface area contributed by atoms with E-state index in [0.29, 0.717) is 0 Å². The van der Waals surface area contributed by atoms with E-state index in [1.165, 1.54) is 0 Å². The molecule has 0 aliphatic rings. The normalized spacial score (nSPS) is 12.9. The van der Waals surface area contributed by atoms with Gasteiger partial charge in [-0.15, -0.1) is 16.4 Å². The zero-order valence-electron chi connectivity index (χ0n) is 9.21. The van der Waals surface area contributed by atoms with E-state index in [4.69, 9.17) is 5.84 Å². The molecule has 1 unspecified atom stereocenters. The highest BCUT2D eigenvalue weighted by Gasteiger charge is 2.16. The zero-order chi connectivity index (χ0) is 11.5. The van der Waals surface area contributed by atoms with E-state index < -0.39 is 0 Å². The summed E-state index contributed by atoms with van der Waals surface area (Å²) < 4.78 is 1.71. The quantitative estimate of drug-likeness (QED) is 0.592. The van der Waals surface area contributed by atoms with Crippen LogP contribution in [0.3, 0.4) is 0 Å². The first kappa shape index (κ1) is 11.2. The van der Waals surface area contributed by atoms with Crippen LogP contribution in [0.5, 0.6) is 0 Å². The van der Waals surface area contributed by atoms with Gasteiger partial charge in [-0.1, -0.05) is 5.21 Å². The molecule has 6 nitrogen and oxygen atoms in total. The largest absolute Gasteiger partial charge is 0.271 e. The standard InChI is InChI=1S/C9H14N6S/c1-6-5-16-9(12-6)3-7(13-10)8-4-11-14-15(8)2/h4-5,7,13H,3,10H2,1-2H3. The Morgan fingerprint density at radius 2 is 2.44 bits per heavy atom. The van der Waals surface area contributed by atoms with Gasteiger partial charge in [-0.2, -0.15) is 0 Å². The maximum atomic E-state index is 5.55. The number of rotatable bonds is 4. The van der Waals surface area contributed by atoms with Crippen molar-refractivity contribution in [3.63, 3.8) is 0 Å². The monoisotopic (exact) mass is 238 g/mol. The Morgan fingerprint density at radius 3 is 2.94 bits per heavy atom. The number of thiazole rings is 1. The van der Waals surface area contributed by atoms with Crippen molar-refractivity contribution in [1.82, 2.24) is 25.4 Å². The number of nitrogens with one attached hydrogen (secondary N) is 1. The maximum Gasteiger partial charge on any atom is 0.0948 e. The predicted octanol–water partition coefficient (Wildman–Crippen LogP) is 0.327. The molecular weight excluding hydrogens is 224 g/mol. The van der Waals surface area contributed by atoms with Gasteiger partial charge in [0, 0.05) is 24.5 Å². The second-order valence-electron chi connectivity index (χ2n) is 3.59. The number of hydrogen-bond donors (Lipinski definition) is 2. The Morgan fingerprint density at radius 1 is 1.62 bits per heavy atom. The maximum absolute atomic E-state index is 5.55. The van der Waals surface area contributed by atoms with Gasteiger partial charge in [-0.25, -0.2) is 4.98 Å². The molecule has 0 saturated heterocycles. The molecule has 0 aliphatic carbocycles. The first-order valence-corrected chi connectivity index (χ1v) is 5.80. The van der Waals surface area contributed by atoms with Gasteiger partial charge in [0.1, 0.15) is 0 Å². The Labute approximate surface area is 97.5 Å². The average molecular weight is 238 g/mol. The average Bonchev–Trinajstić information content (AvgIpc) is 2.84. The summed E-state index contributed by atoms with van der Waals surface area (Å²) in [6, 6.07) is -0.00875. The van der Waals surface area contributed by atoms with E-state index >= 15 is 0 Å².